The molecule has 0 aromatic heterocycles. The highest BCUT2D eigenvalue weighted by Gasteiger charge is 2.15. The molecule has 0 spiro atoms. The van der Waals surface area contributed by atoms with Crippen molar-refractivity contribution in [2.75, 3.05) is 13.0 Å². The van der Waals surface area contributed by atoms with Crippen molar-refractivity contribution in [2.45, 2.75) is 26.7 Å². The first-order valence-corrected chi connectivity index (χ1v) is 5.75. The summed E-state index contributed by atoms with van der Waals surface area (Å²) in [5.41, 5.74) is 0. The Morgan fingerprint density at radius 3 is 2.21 bits per heavy atom. The number of esters is 1. The van der Waals surface area contributed by atoms with Gasteiger partial charge in [-0.1, -0.05) is 13.8 Å². The molecule has 0 heterocycles. The normalized spacial score (nSPS) is 10.0. The Morgan fingerprint density at radius 1 is 1.21 bits per heavy atom. The number of rotatable bonds is 5. The zero-order valence-electron chi connectivity index (χ0n) is 8.74. The van der Waals surface area contributed by atoms with E-state index in [9.17, 15) is 9.59 Å². The van der Waals surface area contributed by atoms with Crippen molar-refractivity contribution in [2.24, 2.45) is 5.92 Å². The number of hydrogen-bond acceptors (Lipinski definition) is 5. The zero-order valence-corrected chi connectivity index (χ0v) is 9.56. The molecule has 0 amide bonds. The van der Waals surface area contributed by atoms with Crippen molar-refractivity contribution in [1.82, 2.24) is 0 Å². The lowest BCUT2D eigenvalue weighted by Gasteiger charge is -2.11. The number of carbonyl (C=O) groups excluding carboxylic acids is 2. The average Bonchev–Trinajstić information content (AvgIpc) is 2.19. The van der Waals surface area contributed by atoms with Crippen LogP contribution in [0.4, 0.5) is 4.79 Å². The fraction of sp³-hybridized carbons (Fsp3) is 0.778. The highest BCUT2D eigenvalue weighted by atomic mass is 32.2. The maximum atomic E-state index is 11.3. The summed E-state index contributed by atoms with van der Waals surface area (Å²) in [4.78, 5) is 21.9. The lowest BCUT2D eigenvalue weighted by atomic mass is 10.0. The van der Waals surface area contributed by atoms with Crippen LogP contribution in [0.1, 0.15) is 26.7 Å². The Morgan fingerprint density at radius 2 is 1.79 bits per heavy atom. The van der Waals surface area contributed by atoms with Crippen LogP contribution in [0.2, 0.25) is 0 Å². The van der Waals surface area contributed by atoms with Gasteiger partial charge in [0.1, 0.15) is 0 Å². The SMILES string of the molecule is CCC(CC)C(=O)OCOC(=O)SC. The van der Waals surface area contributed by atoms with Crippen LogP contribution in [0, 0.1) is 5.92 Å². The Hall–Kier alpha value is -0.710. The second-order valence-corrected chi connectivity index (χ2v) is 3.43. The first-order valence-electron chi connectivity index (χ1n) is 4.53. The summed E-state index contributed by atoms with van der Waals surface area (Å²) in [6.45, 7) is 3.56. The predicted octanol–water partition coefficient (Wildman–Crippen LogP) is 2.42. The van der Waals surface area contributed by atoms with Crippen molar-refractivity contribution < 1.29 is 19.1 Å². The molecule has 5 heteroatoms. The van der Waals surface area contributed by atoms with Gasteiger partial charge in [0.05, 0.1) is 5.92 Å². The van der Waals surface area contributed by atoms with Gasteiger partial charge in [0.25, 0.3) is 0 Å². The molecular weight excluding hydrogens is 204 g/mol. The molecule has 0 bridgehead atoms. The second kappa shape index (κ2) is 7.67. The van der Waals surface area contributed by atoms with E-state index in [4.69, 9.17) is 4.74 Å². The largest absolute Gasteiger partial charge is 0.428 e. The second-order valence-electron chi connectivity index (χ2n) is 2.69. The van der Waals surface area contributed by atoms with E-state index in [0.717, 1.165) is 24.6 Å². The van der Waals surface area contributed by atoms with Gasteiger partial charge in [-0.2, -0.15) is 0 Å². The van der Waals surface area contributed by atoms with Crippen LogP contribution in [0.3, 0.4) is 0 Å². The van der Waals surface area contributed by atoms with E-state index < -0.39 is 5.30 Å². The molecule has 0 aliphatic heterocycles. The Balaban J connectivity index is 3.67. The average molecular weight is 220 g/mol. The fourth-order valence-corrected chi connectivity index (χ4v) is 1.10. The van der Waals surface area contributed by atoms with Crippen LogP contribution < -0.4 is 0 Å². The third kappa shape index (κ3) is 5.11. The van der Waals surface area contributed by atoms with E-state index in [0.29, 0.717) is 0 Å². The molecule has 4 nitrogen and oxygen atoms in total. The van der Waals surface area contributed by atoms with Crippen molar-refractivity contribution in [1.29, 1.82) is 0 Å². The minimum absolute atomic E-state index is 0.0945. The first kappa shape index (κ1) is 13.3. The predicted molar refractivity (Wildman–Crippen MR) is 55.0 cm³/mol. The number of carbonyl (C=O) groups is 2. The van der Waals surface area contributed by atoms with E-state index in [1.807, 2.05) is 13.8 Å². The molecule has 0 aromatic rings. The first-order chi connectivity index (χ1) is 6.65. The van der Waals surface area contributed by atoms with Gasteiger partial charge in [-0.05, 0) is 30.9 Å². The summed E-state index contributed by atoms with van der Waals surface area (Å²) in [6.07, 6.45) is 3.09. The summed E-state index contributed by atoms with van der Waals surface area (Å²) in [5.74, 6) is -0.396. The minimum atomic E-state index is -0.442. The smallest absolute Gasteiger partial charge is 0.369 e. The molecule has 14 heavy (non-hydrogen) atoms. The summed E-state index contributed by atoms with van der Waals surface area (Å²) in [6, 6.07) is 0. The van der Waals surface area contributed by atoms with E-state index in [1.165, 1.54) is 0 Å². The lowest BCUT2D eigenvalue weighted by molar-refractivity contribution is -0.156. The van der Waals surface area contributed by atoms with Crippen LogP contribution in [0.15, 0.2) is 0 Å². The van der Waals surface area contributed by atoms with Gasteiger partial charge in [0.15, 0.2) is 0 Å². The molecule has 0 rings (SSSR count). The zero-order chi connectivity index (χ0) is 11.0. The highest BCUT2D eigenvalue weighted by molar-refractivity contribution is 8.12. The Labute approximate surface area is 88.3 Å². The molecule has 0 aliphatic rings. The summed E-state index contributed by atoms with van der Waals surface area (Å²) < 4.78 is 9.35. The van der Waals surface area contributed by atoms with Crippen LogP contribution in [-0.2, 0) is 14.3 Å². The molecule has 0 fully saturated rings. The fourth-order valence-electron chi connectivity index (χ4n) is 0.934. The van der Waals surface area contributed by atoms with Gasteiger partial charge in [0.2, 0.25) is 6.79 Å². The van der Waals surface area contributed by atoms with Gasteiger partial charge in [-0.25, -0.2) is 4.79 Å². The van der Waals surface area contributed by atoms with Gasteiger partial charge in [0, 0.05) is 0 Å². The molecule has 0 N–H and O–H groups in total. The van der Waals surface area contributed by atoms with Gasteiger partial charge < -0.3 is 9.47 Å². The quantitative estimate of drug-likeness (QED) is 0.526. The summed E-state index contributed by atoms with van der Waals surface area (Å²) in [5, 5.41) is -0.442. The van der Waals surface area contributed by atoms with Crippen molar-refractivity contribution >= 4 is 23.0 Å². The van der Waals surface area contributed by atoms with Gasteiger partial charge in [-0.15, -0.1) is 0 Å². The number of thioether (sulfide) groups is 1. The van der Waals surface area contributed by atoms with Crippen molar-refractivity contribution in [3.05, 3.63) is 0 Å². The van der Waals surface area contributed by atoms with E-state index in [-0.39, 0.29) is 18.7 Å². The molecule has 0 aliphatic carbocycles. The summed E-state index contributed by atoms with van der Waals surface area (Å²) >= 11 is 0.944. The van der Waals surface area contributed by atoms with Crippen LogP contribution in [0.5, 0.6) is 0 Å². The van der Waals surface area contributed by atoms with Crippen molar-refractivity contribution in [3.8, 4) is 0 Å². The molecule has 0 atom stereocenters. The minimum Gasteiger partial charge on any atom is -0.428 e. The monoisotopic (exact) mass is 220 g/mol. The third-order valence-corrected chi connectivity index (χ3v) is 2.31. The Bertz CT molecular complexity index is 189. The molecule has 0 radical (unpaired) electrons. The highest BCUT2D eigenvalue weighted by Crippen LogP contribution is 2.09. The maximum absolute atomic E-state index is 11.3. The molecule has 0 saturated heterocycles. The van der Waals surface area contributed by atoms with Crippen LogP contribution >= 0.6 is 11.8 Å². The number of hydrogen-bond donors (Lipinski definition) is 0. The number of ether oxygens (including phenoxy) is 2. The van der Waals surface area contributed by atoms with E-state index in [2.05, 4.69) is 4.74 Å². The van der Waals surface area contributed by atoms with Crippen LogP contribution in [-0.4, -0.2) is 24.3 Å². The summed E-state index contributed by atoms with van der Waals surface area (Å²) in [7, 11) is 0. The molecule has 0 unspecified atom stereocenters. The van der Waals surface area contributed by atoms with Gasteiger partial charge in [-0.3, -0.25) is 4.79 Å². The molecule has 0 aromatic carbocycles. The lowest BCUT2D eigenvalue weighted by Crippen LogP contribution is -2.18. The maximum Gasteiger partial charge on any atom is 0.369 e. The topological polar surface area (TPSA) is 52.6 Å². The van der Waals surface area contributed by atoms with Crippen molar-refractivity contribution in [3.63, 3.8) is 0 Å². The molecule has 0 saturated carbocycles. The van der Waals surface area contributed by atoms with E-state index >= 15 is 0 Å². The van der Waals surface area contributed by atoms with Gasteiger partial charge >= 0.3 is 11.3 Å². The standard InChI is InChI=1S/C9H16O4S/c1-4-7(5-2)8(10)12-6-13-9(11)14-3/h7H,4-6H2,1-3H3. The van der Waals surface area contributed by atoms with E-state index in [1.54, 1.807) is 6.26 Å². The molecule has 82 valence electrons. The van der Waals surface area contributed by atoms with Crippen LogP contribution in [0.25, 0.3) is 0 Å². The third-order valence-electron chi connectivity index (χ3n) is 1.86. The Kier molecular flexibility index (Phi) is 7.28. The molecular formula is C9H16O4S.